The van der Waals surface area contributed by atoms with E-state index < -0.39 is 0 Å². The average molecular weight is 302 g/mol. The molecule has 0 heterocycles. The number of benzene rings is 2. The van der Waals surface area contributed by atoms with Gasteiger partial charge in [0, 0.05) is 5.75 Å². The molecule has 2 rings (SSSR count). The molecule has 0 atom stereocenters. The van der Waals surface area contributed by atoms with Crippen LogP contribution in [0.25, 0.3) is 6.08 Å². The number of rotatable bonds is 4. The minimum absolute atomic E-state index is 0.936. The molecule has 2 aromatic carbocycles. The second-order valence-corrected chi connectivity index (χ2v) is 6.94. The van der Waals surface area contributed by atoms with E-state index in [-0.39, 0.29) is 0 Å². The third-order valence-corrected chi connectivity index (χ3v) is 4.89. The Kier molecular flexibility index (Phi) is 6.21. The predicted molar refractivity (Wildman–Crippen MR) is 93.4 cm³/mol. The minimum atomic E-state index is 0.936. The largest absolute Gasteiger partial charge is 0.108 e. The highest BCUT2D eigenvalue weighted by Gasteiger charge is 1.97. The van der Waals surface area contributed by atoms with E-state index in [2.05, 4.69) is 47.9 Å². The fourth-order valence-corrected chi connectivity index (χ4v) is 3.26. The number of thioether (sulfide) groups is 2. The van der Waals surface area contributed by atoms with Crippen molar-refractivity contribution >= 4 is 45.3 Å². The molecular formula is C16H14S3. The van der Waals surface area contributed by atoms with E-state index in [4.69, 9.17) is 12.2 Å². The summed E-state index contributed by atoms with van der Waals surface area (Å²) in [5.41, 5.74) is 2.51. The van der Waals surface area contributed by atoms with Crippen molar-refractivity contribution in [2.45, 2.75) is 5.75 Å². The van der Waals surface area contributed by atoms with Crippen molar-refractivity contribution in [2.75, 3.05) is 0 Å². The van der Waals surface area contributed by atoms with Gasteiger partial charge in [-0.25, -0.2) is 0 Å². The molecule has 0 aromatic heterocycles. The molecular weight excluding hydrogens is 288 g/mol. The smallest absolute Gasteiger partial charge is 0.103 e. The summed E-state index contributed by atoms with van der Waals surface area (Å²) >= 11 is 8.66. The first-order valence-electron chi connectivity index (χ1n) is 5.93. The zero-order chi connectivity index (χ0) is 13.3. The molecule has 0 aliphatic heterocycles. The third-order valence-electron chi connectivity index (χ3n) is 2.42. The van der Waals surface area contributed by atoms with Gasteiger partial charge in [0.25, 0.3) is 0 Å². The van der Waals surface area contributed by atoms with Gasteiger partial charge in [-0.05, 0) is 22.6 Å². The maximum absolute atomic E-state index is 5.34. The van der Waals surface area contributed by atoms with Crippen LogP contribution in [-0.2, 0) is 5.75 Å². The van der Waals surface area contributed by atoms with Gasteiger partial charge in [-0.2, -0.15) is 0 Å². The molecule has 0 fully saturated rings. The summed E-state index contributed by atoms with van der Waals surface area (Å²) in [7, 11) is 0. The Morgan fingerprint density at radius 2 is 1.58 bits per heavy atom. The van der Waals surface area contributed by atoms with Crippen LogP contribution in [0.1, 0.15) is 11.1 Å². The van der Waals surface area contributed by atoms with Crippen molar-refractivity contribution in [2.24, 2.45) is 0 Å². The Balaban J connectivity index is 1.75. The van der Waals surface area contributed by atoms with E-state index in [1.54, 1.807) is 23.5 Å². The van der Waals surface area contributed by atoms with E-state index >= 15 is 0 Å². The molecule has 0 spiro atoms. The van der Waals surface area contributed by atoms with E-state index in [1.807, 2.05) is 24.3 Å². The SMILES string of the molecule is S=C(S/C=C/c1ccccc1)SCc1ccccc1. The van der Waals surface area contributed by atoms with Crippen LogP contribution in [0.5, 0.6) is 0 Å². The molecule has 0 amide bonds. The van der Waals surface area contributed by atoms with Gasteiger partial charge in [-0.3, -0.25) is 0 Å². The van der Waals surface area contributed by atoms with Crippen LogP contribution in [0.2, 0.25) is 0 Å². The molecule has 0 saturated heterocycles. The first-order chi connectivity index (χ1) is 9.34. The second-order valence-electron chi connectivity index (χ2n) is 3.86. The second kappa shape index (κ2) is 8.20. The van der Waals surface area contributed by atoms with Crippen LogP contribution in [0.4, 0.5) is 0 Å². The first kappa shape index (κ1) is 14.4. The monoisotopic (exact) mass is 302 g/mol. The predicted octanol–water partition coefficient (Wildman–Crippen LogP) is 5.61. The lowest BCUT2D eigenvalue weighted by molar-refractivity contribution is 1.43. The normalized spacial score (nSPS) is 10.7. The molecule has 0 nitrogen and oxygen atoms in total. The average Bonchev–Trinajstić information content (AvgIpc) is 2.47. The molecule has 0 aliphatic rings. The van der Waals surface area contributed by atoms with Crippen molar-refractivity contribution in [3.63, 3.8) is 0 Å². The van der Waals surface area contributed by atoms with Crippen LogP contribution in [0.15, 0.2) is 66.1 Å². The van der Waals surface area contributed by atoms with Gasteiger partial charge >= 0.3 is 0 Å². The third kappa shape index (κ3) is 5.64. The summed E-state index contributed by atoms with van der Waals surface area (Å²) in [6.07, 6.45) is 2.08. The maximum atomic E-state index is 5.34. The Morgan fingerprint density at radius 3 is 2.26 bits per heavy atom. The Morgan fingerprint density at radius 1 is 0.947 bits per heavy atom. The highest BCUT2D eigenvalue weighted by atomic mass is 32.2. The minimum Gasteiger partial charge on any atom is -0.103 e. The quantitative estimate of drug-likeness (QED) is 0.674. The molecule has 0 radical (unpaired) electrons. The Labute approximate surface area is 128 Å². The zero-order valence-electron chi connectivity index (χ0n) is 10.4. The van der Waals surface area contributed by atoms with Crippen molar-refractivity contribution in [3.05, 3.63) is 77.2 Å². The molecule has 2 aromatic rings. The number of hydrogen-bond acceptors (Lipinski definition) is 3. The molecule has 3 heteroatoms. The molecule has 0 aliphatic carbocycles. The van der Waals surface area contributed by atoms with E-state index in [1.165, 1.54) is 11.1 Å². The summed E-state index contributed by atoms with van der Waals surface area (Å²) in [6, 6.07) is 20.6. The van der Waals surface area contributed by atoms with Gasteiger partial charge in [-0.15, -0.1) is 11.8 Å². The van der Waals surface area contributed by atoms with Gasteiger partial charge in [0.1, 0.15) is 3.53 Å². The molecule has 0 N–H and O–H groups in total. The van der Waals surface area contributed by atoms with E-state index in [9.17, 15) is 0 Å². The zero-order valence-corrected chi connectivity index (χ0v) is 12.8. The van der Waals surface area contributed by atoms with Crippen LogP contribution < -0.4 is 0 Å². The standard InChI is InChI=1S/C16H14S3/c17-16(19-13-15-9-5-2-6-10-15)18-12-11-14-7-3-1-4-8-14/h1-12H,13H2/b12-11+. The molecule has 0 saturated carbocycles. The van der Waals surface area contributed by atoms with Crippen LogP contribution in [0.3, 0.4) is 0 Å². The van der Waals surface area contributed by atoms with Gasteiger partial charge in [0.2, 0.25) is 0 Å². The van der Waals surface area contributed by atoms with E-state index in [0.29, 0.717) is 0 Å². The highest BCUT2D eigenvalue weighted by Crippen LogP contribution is 2.23. The van der Waals surface area contributed by atoms with Crippen LogP contribution in [0, 0.1) is 0 Å². The van der Waals surface area contributed by atoms with Crippen molar-refractivity contribution in [1.29, 1.82) is 0 Å². The summed E-state index contributed by atoms with van der Waals surface area (Å²) < 4.78 is 0.955. The van der Waals surface area contributed by atoms with Crippen molar-refractivity contribution < 1.29 is 0 Å². The van der Waals surface area contributed by atoms with Crippen molar-refractivity contribution in [1.82, 2.24) is 0 Å². The molecule has 96 valence electrons. The van der Waals surface area contributed by atoms with Gasteiger partial charge in [-0.1, -0.05) is 84.6 Å². The molecule has 0 bridgehead atoms. The highest BCUT2D eigenvalue weighted by molar-refractivity contribution is 8.47. The fraction of sp³-hybridized carbons (Fsp3) is 0.0625. The lowest BCUT2D eigenvalue weighted by Crippen LogP contribution is -1.82. The number of hydrogen-bond donors (Lipinski definition) is 0. The lowest BCUT2D eigenvalue weighted by atomic mass is 10.2. The topological polar surface area (TPSA) is 0 Å². The summed E-state index contributed by atoms with van der Waals surface area (Å²) in [4.78, 5) is 0. The lowest BCUT2D eigenvalue weighted by Gasteiger charge is -2.00. The van der Waals surface area contributed by atoms with Crippen LogP contribution >= 0.6 is 35.7 Å². The molecule has 0 unspecified atom stereocenters. The summed E-state index contributed by atoms with van der Waals surface area (Å²) in [5, 5.41) is 2.05. The van der Waals surface area contributed by atoms with E-state index in [0.717, 1.165) is 9.28 Å². The Hall–Kier alpha value is -1.03. The fourth-order valence-electron chi connectivity index (χ4n) is 1.48. The van der Waals surface area contributed by atoms with Crippen LogP contribution in [-0.4, -0.2) is 3.53 Å². The van der Waals surface area contributed by atoms with Crippen molar-refractivity contribution in [3.8, 4) is 0 Å². The first-order valence-corrected chi connectivity index (χ1v) is 8.21. The Bertz CT molecular complexity index is 532. The summed E-state index contributed by atoms with van der Waals surface area (Å²) in [5.74, 6) is 0.936. The van der Waals surface area contributed by atoms with Gasteiger partial charge in [0.15, 0.2) is 0 Å². The summed E-state index contributed by atoms with van der Waals surface area (Å²) in [6.45, 7) is 0. The van der Waals surface area contributed by atoms with Gasteiger partial charge in [0.05, 0.1) is 0 Å². The van der Waals surface area contributed by atoms with Gasteiger partial charge < -0.3 is 0 Å². The molecule has 19 heavy (non-hydrogen) atoms. The maximum Gasteiger partial charge on any atom is 0.108 e. The number of thiocarbonyl (C=S) groups is 1.